The van der Waals surface area contributed by atoms with Crippen molar-refractivity contribution >= 4 is 11.9 Å². The van der Waals surface area contributed by atoms with Crippen molar-refractivity contribution in [2.75, 3.05) is 19.6 Å². The van der Waals surface area contributed by atoms with Gasteiger partial charge in [-0.3, -0.25) is 14.5 Å². The highest BCUT2D eigenvalue weighted by molar-refractivity contribution is 5.83. The lowest BCUT2D eigenvalue weighted by molar-refractivity contribution is -0.189. The fraction of sp³-hybridized carbons (Fsp3) is 0.800. The van der Waals surface area contributed by atoms with Gasteiger partial charge in [0.1, 0.15) is 6.04 Å². The molecule has 1 unspecified atom stereocenters. The van der Waals surface area contributed by atoms with Crippen LogP contribution in [0.25, 0.3) is 0 Å². The molecule has 0 radical (unpaired) electrons. The molecule has 104 valence electrons. The van der Waals surface area contributed by atoms with Crippen LogP contribution in [-0.4, -0.2) is 64.7 Å². The number of rotatable bonds is 2. The van der Waals surface area contributed by atoms with Gasteiger partial charge in [0.05, 0.1) is 0 Å². The van der Waals surface area contributed by atoms with Crippen LogP contribution in [-0.2, 0) is 9.59 Å². The zero-order valence-corrected chi connectivity index (χ0v) is 10.1. The van der Waals surface area contributed by atoms with Crippen LogP contribution in [0.3, 0.4) is 0 Å². The minimum atomic E-state index is -4.96. The minimum Gasteiger partial charge on any atom is -0.480 e. The molecule has 1 aliphatic heterocycles. The second kappa shape index (κ2) is 5.13. The van der Waals surface area contributed by atoms with Gasteiger partial charge in [-0.25, -0.2) is 0 Å². The molecule has 1 aliphatic rings. The number of carbonyl (C=O) groups excluding carboxylic acids is 1. The molecule has 0 aromatic carbocycles. The Labute approximate surface area is 102 Å². The SMILES string of the molecule is CC(C)N1CCN(C(=O)C(F)(F)F)CC1C(=O)O. The third kappa shape index (κ3) is 3.12. The number of carboxylic acids is 1. The van der Waals surface area contributed by atoms with Gasteiger partial charge in [-0.1, -0.05) is 0 Å². The molecule has 1 rings (SSSR count). The molecular formula is C10H15F3N2O3. The molecule has 5 nitrogen and oxygen atoms in total. The topological polar surface area (TPSA) is 60.9 Å². The second-order valence-electron chi connectivity index (χ2n) is 4.43. The molecular weight excluding hydrogens is 253 g/mol. The van der Waals surface area contributed by atoms with Gasteiger partial charge in [-0.15, -0.1) is 0 Å². The molecule has 1 N–H and O–H groups in total. The van der Waals surface area contributed by atoms with Crippen molar-refractivity contribution in [2.24, 2.45) is 0 Å². The van der Waals surface area contributed by atoms with E-state index in [0.29, 0.717) is 4.90 Å². The Morgan fingerprint density at radius 2 is 1.83 bits per heavy atom. The van der Waals surface area contributed by atoms with Gasteiger partial charge in [0.25, 0.3) is 0 Å². The summed E-state index contributed by atoms with van der Waals surface area (Å²) in [5, 5.41) is 9.00. The van der Waals surface area contributed by atoms with Crippen LogP contribution in [0.2, 0.25) is 0 Å². The first-order valence-electron chi connectivity index (χ1n) is 5.49. The van der Waals surface area contributed by atoms with Gasteiger partial charge in [0, 0.05) is 25.7 Å². The third-order valence-electron chi connectivity index (χ3n) is 2.90. The Bertz CT molecular complexity index is 344. The first kappa shape index (κ1) is 14.7. The number of halogens is 3. The van der Waals surface area contributed by atoms with Crippen molar-refractivity contribution in [3.05, 3.63) is 0 Å². The Morgan fingerprint density at radius 1 is 1.28 bits per heavy atom. The van der Waals surface area contributed by atoms with E-state index in [0.717, 1.165) is 0 Å². The lowest BCUT2D eigenvalue weighted by atomic mass is 10.1. The molecule has 18 heavy (non-hydrogen) atoms. The number of piperazine rings is 1. The van der Waals surface area contributed by atoms with E-state index in [1.807, 2.05) is 0 Å². The minimum absolute atomic E-state index is 0.103. The predicted molar refractivity (Wildman–Crippen MR) is 55.9 cm³/mol. The molecule has 0 bridgehead atoms. The average molecular weight is 268 g/mol. The molecule has 8 heteroatoms. The van der Waals surface area contributed by atoms with Gasteiger partial charge >= 0.3 is 18.1 Å². The summed E-state index contributed by atoms with van der Waals surface area (Å²) in [6.07, 6.45) is -4.96. The van der Waals surface area contributed by atoms with Crippen LogP contribution in [0, 0.1) is 0 Å². The predicted octanol–water partition coefficient (Wildman–Crippen LogP) is 0.554. The maximum absolute atomic E-state index is 12.3. The molecule has 0 aliphatic carbocycles. The van der Waals surface area contributed by atoms with Crippen LogP contribution in [0.15, 0.2) is 0 Å². The summed E-state index contributed by atoms with van der Waals surface area (Å²) < 4.78 is 36.8. The second-order valence-corrected chi connectivity index (χ2v) is 4.43. The molecule has 1 saturated heterocycles. The molecule has 1 atom stereocenters. The summed E-state index contributed by atoms with van der Waals surface area (Å²) in [6.45, 7) is 3.09. The summed E-state index contributed by atoms with van der Waals surface area (Å²) in [6, 6.07) is -1.20. The van der Waals surface area contributed by atoms with Crippen molar-refractivity contribution in [1.82, 2.24) is 9.80 Å². The van der Waals surface area contributed by atoms with Crippen molar-refractivity contribution in [2.45, 2.75) is 32.1 Å². The number of nitrogens with zero attached hydrogens (tertiary/aromatic N) is 2. The number of amides is 1. The number of carbonyl (C=O) groups is 2. The number of hydrogen-bond donors (Lipinski definition) is 1. The highest BCUT2D eigenvalue weighted by Gasteiger charge is 2.46. The monoisotopic (exact) mass is 268 g/mol. The maximum atomic E-state index is 12.3. The van der Waals surface area contributed by atoms with E-state index >= 15 is 0 Å². The van der Waals surface area contributed by atoms with Crippen molar-refractivity contribution in [3.8, 4) is 0 Å². The summed E-state index contributed by atoms with van der Waals surface area (Å²) in [5.41, 5.74) is 0. The highest BCUT2D eigenvalue weighted by Crippen LogP contribution is 2.22. The quantitative estimate of drug-likeness (QED) is 0.794. The highest BCUT2D eigenvalue weighted by atomic mass is 19.4. The summed E-state index contributed by atoms with van der Waals surface area (Å²) in [4.78, 5) is 24.2. The number of alkyl halides is 3. The largest absolute Gasteiger partial charge is 0.480 e. The Kier molecular flexibility index (Phi) is 4.20. The molecule has 1 fully saturated rings. The normalized spacial score (nSPS) is 22.3. The molecule has 1 amide bonds. The zero-order chi connectivity index (χ0) is 14.1. The summed E-state index contributed by atoms with van der Waals surface area (Å²) in [7, 11) is 0. The van der Waals surface area contributed by atoms with Crippen LogP contribution >= 0.6 is 0 Å². The van der Waals surface area contributed by atoms with Crippen LogP contribution in [0.5, 0.6) is 0 Å². The van der Waals surface area contributed by atoms with Gasteiger partial charge in [-0.05, 0) is 13.8 Å². The zero-order valence-electron chi connectivity index (χ0n) is 10.1. The summed E-state index contributed by atoms with van der Waals surface area (Å²) >= 11 is 0. The van der Waals surface area contributed by atoms with E-state index < -0.39 is 30.6 Å². The smallest absolute Gasteiger partial charge is 0.471 e. The van der Waals surface area contributed by atoms with E-state index in [2.05, 4.69) is 0 Å². The van der Waals surface area contributed by atoms with Gasteiger partial charge in [0.2, 0.25) is 0 Å². The molecule has 0 aromatic heterocycles. The Morgan fingerprint density at radius 3 is 2.22 bits per heavy atom. The molecule has 0 aromatic rings. The Hall–Kier alpha value is -1.31. The van der Waals surface area contributed by atoms with Crippen molar-refractivity contribution < 1.29 is 27.9 Å². The standard InChI is InChI=1S/C10H15F3N2O3/c1-6(2)15-4-3-14(5-7(15)8(16)17)9(18)10(11,12)13/h6-7H,3-5H2,1-2H3,(H,16,17). The Balaban J connectivity index is 2.81. The first-order chi connectivity index (χ1) is 8.14. The lowest BCUT2D eigenvalue weighted by Gasteiger charge is -2.41. The average Bonchev–Trinajstić information content (AvgIpc) is 2.25. The van der Waals surface area contributed by atoms with Gasteiger partial charge in [0.15, 0.2) is 0 Å². The molecule has 0 saturated carbocycles. The number of carboxylic acid groups (broad SMARTS) is 1. The van der Waals surface area contributed by atoms with E-state index in [1.54, 1.807) is 18.7 Å². The fourth-order valence-electron chi connectivity index (χ4n) is 2.00. The van der Waals surface area contributed by atoms with Gasteiger partial charge in [-0.2, -0.15) is 13.2 Å². The van der Waals surface area contributed by atoms with E-state index in [9.17, 15) is 22.8 Å². The number of aliphatic carboxylic acids is 1. The van der Waals surface area contributed by atoms with Crippen molar-refractivity contribution in [1.29, 1.82) is 0 Å². The maximum Gasteiger partial charge on any atom is 0.471 e. The summed E-state index contributed by atoms with van der Waals surface area (Å²) in [5.74, 6) is -3.19. The first-order valence-corrected chi connectivity index (χ1v) is 5.49. The van der Waals surface area contributed by atoms with Gasteiger partial charge < -0.3 is 10.0 Å². The van der Waals surface area contributed by atoms with Crippen LogP contribution in [0.4, 0.5) is 13.2 Å². The number of hydrogen-bond acceptors (Lipinski definition) is 3. The van der Waals surface area contributed by atoms with Crippen molar-refractivity contribution in [3.63, 3.8) is 0 Å². The lowest BCUT2D eigenvalue weighted by Crippen LogP contribution is -2.61. The molecule has 0 spiro atoms. The van der Waals surface area contributed by atoms with Crippen LogP contribution in [0.1, 0.15) is 13.8 Å². The van der Waals surface area contributed by atoms with Crippen LogP contribution < -0.4 is 0 Å². The fourth-order valence-corrected chi connectivity index (χ4v) is 2.00. The van der Waals surface area contributed by atoms with E-state index in [1.165, 1.54) is 0 Å². The molecule has 1 heterocycles. The third-order valence-corrected chi connectivity index (χ3v) is 2.90. The van der Waals surface area contributed by atoms with E-state index in [4.69, 9.17) is 5.11 Å². The van der Waals surface area contributed by atoms with E-state index in [-0.39, 0.29) is 19.1 Å².